The van der Waals surface area contributed by atoms with E-state index < -0.39 is 0 Å². The fraction of sp³-hybridized carbons (Fsp3) is 0.667. The lowest BCUT2D eigenvalue weighted by molar-refractivity contribution is 0.399. The zero-order valence-electron chi connectivity index (χ0n) is 11.7. The molecule has 0 aliphatic heterocycles. The fourth-order valence-corrected chi connectivity index (χ4v) is 2.57. The Bertz CT molecular complexity index is 491. The molecule has 0 saturated carbocycles. The molecule has 2 heterocycles. The van der Waals surface area contributed by atoms with Crippen LogP contribution < -0.4 is 0 Å². The zero-order valence-corrected chi connectivity index (χ0v) is 12.5. The van der Waals surface area contributed by atoms with Crippen LogP contribution in [0.15, 0.2) is 6.33 Å². The van der Waals surface area contributed by atoms with Gasteiger partial charge >= 0.3 is 0 Å². The Morgan fingerprint density at radius 2 is 1.72 bits per heavy atom. The summed E-state index contributed by atoms with van der Waals surface area (Å²) in [6, 6.07) is 0. The molecule has 0 saturated heterocycles. The monoisotopic (exact) mass is 265 g/mol. The van der Waals surface area contributed by atoms with Gasteiger partial charge in [-0.2, -0.15) is 0 Å². The van der Waals surface area contributed by atoms with Crippen LogP contribution in [0.2, 0.25) is 0 Å². The SMILES string of the molecule is CC(C)(C)c1nnsc1-c1nncn1C(C)(C)C. The van der Waals surface area contributed by atoms with E-state index in [4.69, 9.17) is 0 Å². The van der Waals surface area contributed by atoms with Gasteiger partial charge in [-0.1, -0.05) is 25.3 Å². The maximum Gasteiger partial charge on any atom is 0.177 e. The van der Waals surface area contributed by atoms with E-state index in [-0.39, 0.29) is 11.0 Å². The molecule has 0 aliphatic carbocycles. The van der Waals surface area contributed by atoms with Crippen molar-refractivity contribution < 1.29 is 0 Å². The molecule has 18 heavy (non-hydrogen) atoms. The molecule has 0 aliphatic rings. The Morgan fingerprint density at radius 1 is 1.06 bits per heavy atom. The number of rotatable bonds is 1. The lowest BCUT2D eigenvalue weighted by atomic mass is 9.91. The van der Waals surface area contributed by atoms with Crippen LogP contribution >= 0.6 is 11.5 Å². The lowest BCUT2D eigenvalue weighted by Gasteiger charge is -2.23. The van der Waals surface area contributed by atoms with Crippen LogP contribution in [0.25, 0.3) is 10.7 Å². The van der Waals surface area contributed by atoms with Gasteiger partial charge in [0.1, 0.15) is 11.2 Å². The first-order valence-corrected chi connectivity index (χ1v) is 6.72. The molecule has 2 rings (SSSR count). The molecular formula is C12H19N5S. The van der Waals surface area contributed by atoms with Crippen LogP contribution in [-0.4, -0.2) is 24.4 Å². The normalized spacial score (nSPS) is 13.0. The van der Waals surface area contributed by atoms with E-state index in [1.165, 1.54) is 11.5 Å². The highest BCUT2D eigenvalue weighted by molar-refractivity contribution is 7.09. The summed E-state index contributed by atoms with van der Waals surface area (Å²) in [6.07, 6.45) is 1.77. The predicted octanol–water partition coefficient (Wildman–Crippen LogP) is 2.85. The Kier molecular flexibility index (Phi) is 3.01. The molecule has 5 nitrogen and oxygen atoms in total. The predicted molar refractivity (Wildman–Crippen MR) is 72.6 cm³/mol. The van der Waals surface area contributed by atoms with E-state index in [9.17, 15) is 0 Å². The highest BCUT2D eigenvalue weighted by atomic mass is 32.1. The van der Waals surface area contributed by atoms with Crippen molar-refractivity contribution in [2.75, 3.05) is 0 Å². The molecule has 0 fully saturated rings. The van der Waals surface area contributed by atoms with Crippen LogP contribution in [-0.2, 0) is 11.0 Å². The van der Waals surface area contributed by atoms with Crippen LogP contribution in [0.5, 0.6) is 0 Å². The minimum absolute atomic E-state index is 0.0446. The molecule has 0 radical (unpaired) electrons. The van der Waals surface area contributed by atoms with Crippen LogP contribution in [0, 0.1) is 0 Å². The number of hydrogen-bond donors (Lipinski definition) is 0. The van der Waals surface area contributed by atoms with Gasteiger partial charge in [-0.15, -0.1) is 15.3 Å². The number of hydrogen-bond acceptors (Lipinski definition) is 5. The second-order valence-electron chi connectivity index (χ2n) is 6.40. The maximum atomic E-state index is 4.25. The van der Waals surface area contributed by atoms with Gasteiger partial charge < -0.3 is 4.57 Å². The summed E-state index contributed by atoms with van der Waals surface area (Å²) < 4.78 is 6.15. The van der Waals surface area contributed by atoms with Gasteiger partial charge in [0.15, 0.2) is 5.82 Å². The average Bonchev–Trinajstić information content (AvgIpc) is 2.83. The van der Waals surface area contributed by atoms with E-state index in [0.29, 0.717) is 0 Å². The zero-order chi connectivity index (χ0) is 13.6. The van der Waals surface area contributed by atoms with Crippen molar-refractivity contribution in [3.05, 3.63) is 12.0 Å². The minimum atomic E-state index is -0.0576. The molecule has 2 aromatic heterocycles. The van der Waals surface area contributed by atoms with Gasteiger partial charge in [-0.05, 0) is 32.3 Å². The summed E-state index contributed by atoms with van der Waals surface area (Å²) in [7, 11) is 0. The highest BCUT2D eigenvalue weighted by Gasteiger charge is 2.28. The van der Waals surface area contributed by atoms with Gasteiger partial charge in [-0.3, -0.25) is 0 Å². The van der Waals surface area contributed by atoms with E-state index >= 15 is 0 Å². The molecule has 98 valence electrons. The summed E-state index contributed by atoms with van der Waals surface area (Å²) in [4.78, 5) is 1.01. The van der Waals surface area contributed by atoms with E-state index in [1.807, 2.05) is 0 Å². The first-order chi connectivity index (χ1) is 8.21. The van der Waals surface area contributed by atoms with Crippen molar-refractivity contribution >= 4 is 11.5 Å². The van der Waals surface area contributed by atoms with Gasteiger partial charge in [0.25, 0.3) is 0 Å². The third-order valence-corrected chi connectivity index (χ3v) is 3.39. The van der Waals surface area contributed by atoms with Gasteiger partial charge in [-0.25, -0.2) is 0 Å². The first kappa shape index (κ1) is 13.1. The fourth-order valence-electron chi connectivity index (χ4n) is 1.71. The second-order valence-corrected chi connectivity index (χ2v) is 7.15. The number of aromatic nitrogens is 5. The highest BCUT2D eigenvalue weighted by Crippen LogP contribution is 2.34. The Hall–Kier alpha value is -1.30. The summed E-state index contributed by atoms with van der Waals surface area (Å²) in [5.74, 6) is 0.849. The maximum absolute atomic E-state index is 4.25. The largest absolute Gasteiger partial charge is 0.307 e. The quantitative estimate of drug-likeness (QED) is 0.795. The van der Waals surface area contributed by atoms with Crippen molar-refractivity contribution in [1.82, 2.24) is 24.4 Å². The van der Waals surface area contributed by atoms with Crippen molar-refractivity contribution in [3.8, 4) is 10.7 Å². The van der Waals surface area contributed by atoms with Crippen LogP contribution in [0.1, 0.15) is 47.2 Å². The Morgan fingerprint density at radius 3 is 2.28 bits per heavy atom. The summed E-state index contributed by atoms with van der Waals surface area (Å²) in [5.41, 5.74) is 0.876. The van der Waals surface area contributed by atoms with Gasteiger partial charge in [0.2, 0.25) is 0 Å². The molecule has 0 bridgehead atoms. The van der Waals surface area contributed by atoms with E-state index in [0.717, 1.165) is 16.4 Å². The second kappa shape index (κ2) is 4.12. The van der Waals surface area contributed by atoms with Crippen molar-refractivity contribution in [1.29, 1.82) is 0 Å². The summed E-state index contributed by atoms with van der Waals surface area (Å²) in [5, 5.41) is 12.5. The molecule has 0 unspecified atom stereocenters. The van der Waals surface area contributed by atoms with E-state index in [1.54, 1.807) is 6.33 Å². The molecule has 0 atom stereocenters. The van der Waals surface area contributed by atoms with Crippen LogP contribution in [0.3, 0.4) is 0 Å². The molecular weight excluding hydrogens is 246 g/mol. The minimum Gasteiger partial charge on any atom is -0.307 e. The third kappa shape index (κ3) is 2.29. The molecule has 0 aromatic carbocycles. The topological polar surface area (TPSA) is 56.5 Å². The molecule has 0 N–H and O–H groups in total. The van der Waals surface area contributed by atoms with Crippen molar-refractivity contribution in [3.63, 3.8) is 0 Å². The Balaban J connectivity index is 2.58. The lowest BCUT2D eigenvalue weighted by Crippen LogP contribution is -2.22. The van der Waals surface area contributed by atoms with Gasteiger partial charge in [0, 0.05) is 11.0 Å². The molecule has 6 heteroatoms. The smallest absolute Gasteiger partial charge is 0.177 e. The Labute approximate surface area is 111 Å². The van der Waals surface area contributed by atoms with Crippen molar-refractivity contribution in [2.45, 2.75) is 52.5 Å². The molecule has 0 spiro atoms. The average molecular weight is 265 g/mol. The first-order valence-electron chi connectivity index (χ1n) is 5.95. The summed E-state index contributed by atoms with van der Waals surface area (Å²) in [6.45, 7) is 12.8. The number of nitrogens with zero attached hydrogens (tertiary/aromatic N) is 5. The van der Waals surface area contributed by atoms with Crippen molar-refractivity contribution in [2.24, 2.45) is 0 Å². The summed E-state index contributed by atoms with van der Waals surface area (Å²) >= 11 is 1.38. The molecule has 0 amide bonds. The van der Waals surface area contributed by atoms with Gasteiger partial charge in [0.05, 0.1) is 5.69 Å². The van der Waals surface area contributed by atoms with Crippen LogP contribution in [0.4, 0.5) is 0 Å². The van der Waals surface area contributed by atoms with E-state index in [2.05, 4.69) is 65.9 Å². The third-order valence-electron chi connectivity index (χ3n) is 2.67. The standard InChI is InChI=1S/C12H19N5S/c1-11(2,3)9-8(18-16-14-9)10-15-13-7-17(10)12(4,5)6/h7H,1-6H3. The molecule has 2 aromatic rings.